The zero-order valence-corrected chi connectivity index (χ0v) is 13.1. The zero-order valence-electron chi connectivity index (χ0n) is 12.2. The molecule has 0 spiro atoms. The van der Waals surface area contributed by atoms with Crippen LogP contribution in [0.5, 0.6) is 0 Å². The Morgan fingerprint density at radius 2 is 1.46 bits per heavy atom. The highest BCUT2D eigenvalue weighted by atomic mass is 31.2. The van der Waals surface area contributed by atoms with Gasteiger partial charge in [-0.15, -0.1) is 0 Å². The first-order valence-electron chi connectivity index (χ1n) is 6.15. The van der Waals surface area contributed by atoms with Gasteiger partial charge in [0.25, 0.3) is 0 Å². The first-order chi connectivity index (χ1) is 11.1. The first kappa shape index (κ1) is 21.3. The summed E-state index contributed by atoms with van der Waals surface area (Å²) in [6, 6.07) is 18.2. The van der Waals surface area contributed by atoms with E-state index >= 15 is 0 Å². The topological polar surface area (TPSA) is 191 Å². The molecule has 129 valence electrons. The van der Waals surface area contributed by atoms with Crippen molar-refractivity contribution in [2.75, 3.05) is 0 Å². The van der Waals surface area contributed by atoms with Crippen molar-refractivity contribution in [1.29, 1.82) is 0 Å². The Hall–Kier alpha value is -2.71. The van der Waals surface area contributed by atoms with Crippen molar-refractivity contribution in [2.24, 2.45) is 16.5 Å². The van der Waals surface area contributed by atoms with E-state index in [1.807, 2.05) is 30.3 Å². The number of hydrogen-bond acceptors (Lipinski definition) is 7. The number of nitrogens with zero attached hydrogens (tertiary/aromatic N) is 1. The summed E-state index contributed by atoms with van der Waals surface area (Å²) in [5, 5.41) is 10.3. The molecule has 0 saturated carbocycles. The van der Waals surface area contributed by atoms with Gasteiger partial charge in [0, 0.05) is 0 Å². The number of aromatic carboxylic acids is 1. The maximum absolute atomic E-state index is 10.3. The Morgan fingerprint density at radius 1 is 1.00 bits per heavy atom. The van der Waals surface area contributed by atoms with Crippen LogP contribution in [0.15, 0.2) is 59.6 Å². The molecule has 2 aromatic rings. The number of carboxylic acid groups (broad SMARTS) is 1. The van der Waals surface area contributed by atoms with E-state index in [0.29, 0.717) is 5.69 Å². The molecule has 0 bridgehead atoms. The molecule has 10 heteroatoms. The molecule has 0 amide bonds. The monoisotopic (exact) mass is 350 g/mol. The van der Waals surface area contributed by atoms with Gasteiger partial charge in [-0.25, -0.2) is 4.99 Å². The minimum atomic E-state index is -5.39. The number of phosphoric acid groups is 1. The van der Waals surface area contributed by atoms with E-state index in [9.17, 15) is 9.90 Å². The lowest BCUT2D eigenvalue weighted by Crippen LogP contribution is -2.24. The predicted octanol–water partition coefficient (Wildman–Crippen LogP) is -2.38. The van der Waals surface area contributed by atoms with Crippen LogP contribution in [-0.2, 0) is 4.57 Å². The molecular weight excluding hydrogens is 337 g/mol. The fraction of sp³-hybridized carbons (Fsp3) is 0. The van der Waals surface area contributed by atoms with Gasteiger partial charge in [-0.3, -0.25) is 0 Å². The molecular formula is C14H13N3O6P-4. The summed E-state index contributed by atoms with van der Waals surface area (Å²) in [5.41, 5.74) is 10.8. The van der Waals surface area contributed by atoms with Gasteiger partial charge < -0.3 is 40.6 Å². The van der Waals surface area contributed by atoms with Gasteiger partial charge in [0.2, 0.25) is 0 Å². The van der Waals surface area contributed by atoms with E-state index in [4.69, 9.17) is 30.7 Å². The average Bonchev–Trinajstić information content (AvgIpc) is 2.48. The summed E-state index contributed by atoms with van der Waals surface area (Å²) in [7, 11) is -5.39. The van der Waals surface area contributed by atoms with Crippen LogP contribution >= 0.6 is 7.82 Å². The normalized spacial score (nSPS) is 9.46. The third-order valence-corrected chi connectivity index (χ3v) is 1.97. The average molecular weight is 350 g/mol. The van der Waals surface area contributed by atoms with Crippen molar-refractivity contribution in [3.63, 3.8) is 0 Å². The predicted molar refractivity (Wildman–Crippen MR) is 79.1 cm³/mol. The second-order valence-electron chi connectivity index (χ2n) is 3.90. The Morgan fingerprint density at radius 3 is 1.71 bits per heavy atom. The zero-order chi connectivity index (χ0) is 18.6. The molecule has 0 heterocycles. The third kappa shape index (κ3) is 14.2. The van der Waals surface area contributed by atoms with Crippen molar-refractivity contribution in [2.45, 2.75) is 0 Å². The Bertz CT molecular complexity index is 646. The summed E-state index contributed by atoms with van der Waals surface area (Å²) in [6.45, 7) is 0. The van der Waals surface area contributed by atoms with Gasteiger partial charge >= 0.3 is 0 Å². The van der Waals surface area contributed by atoms with Gasteiger partial charge in [-0.05, 0) is 23.8 Å². The fourth-order valence-electron chi connectivity index (χ4n) is 1.16. The molecule has 0 atom stereocenters. The maximum atomic E-state index is 10.3. The van der Waals surface area contributed by atoms with Crippen LogP contribution < -0.4 is 31.3 Å². The number of carbonyl (C=O) groups is 1. The minimum absolute atomic E-state index is 0.0683. The fourth-order valence-corrected chi connectivity index (χ4v) is 1.16. The number of guanidine groups is 1. The van der Waals surface area contributed by atoms with Crippen LogP contribution in [0, 0.1) is 6.07 Å². The van der Waals surface area contributed by atoms with Crippen LogP contribution in [0.2, 0.25) is 0 Å². The Kier molecular flexibility index (Phi) is 9.69. The molecule has 2 aromatic carbocycles. The molecule has 0 aliphatic heterocycles. The summed E-state index contributed by atoms with van der Waals surface area (Å²) >= 11 is 0. The standard InChI is InChI=1S/C8H9N3O2.C6H5.H3O4P/c9-8(10)11-6-3-1-5(2-4-6)7(12)13;1-2-4-6-5-3-1;1-5(2,3)4/h1-4H,(H,12,13)(H4,9,10,11);1-5H;(H3,1,2,3,4)/p-4. The van der Waals surface area contributed by atoms with Crippen molar-refractivity contribution >= 4 is 25.4 Å². The number of aliphatic imine (C=N–C) groups is 1. The molecule has 9 nitrogen and oxygen atoms in total. The Balaban J connectivity index is 0.000000397. The maximum Gasteiger partial charge on any atom is 0.191 e. The number of carboxylic acids is 1. The van der Waals surface area contributed by atoms with Crippen LogP contribution in [-0.4, -0.2) is 11.9 Å². The minimum Gasteiger partial charge on any atom is -0.822 e. The smallest absolute Gasteiger partial charge is 0.191 e. The number of hydrogen-bond donors (Lipinski definition) is 2. The van der Waals surface area contributed by atoms with Crippen LogP contribution in [0.3, 0.4) is 0 Å². The van der Waals surface area contributed by atoms with Crippen molar-refractivity contribution < 1.29 is 29.1 Å². The van der Waals surface area contributed by atoms with Crippen molar-refractivity contribution in [3.05, 3.63) is 66.2 Å². The molecule has 0 fully saturated rings. The largest absolute Gasteiger partial charge is 0.822 e. The summed E-state index contributed by atoms with van der Waals surface area (Å²) in [5.74, 6) is -1.29. The summed E-state index contributed by atoms with van der Waals surface area (Å²) < 4.78 is 8.55. The molecule has 0 aliphatic rings. The lowest BCUT2D eigenvalue weighted by Gasteiger charge is -2.36. The van der Waals surface area contributed by atoms with Crippen LogP contribution in [0.1, 0.15) is 10.4 Å². The van der Waals surface area contributed by atoms with E-state index in [-0.39, 0.29) is 11.5 Å². The molecule has 2 rings (SSSR count). The second-order valence-corrected chi connectivity index (χ2v) is 4.79. The van der Waals surface area contributed by atoms with Crippen LogP contribution in [0.25, 0.3) is 0 Å². The van der Waals surface area contributed by atoms with Crippen molar-refractivity contribution in [3.8, 4) is 0 Å². The van der Waals surface area contributed by atoms with E-state index < -0.39 is 13.8 Å². The number of carbonyl (C=O) groups excluding carboxylic acids is 1. The first-order valence-corrected chi connectivity index (χ1v) is 7.61. The lowest BCUT2D eigenvalue weighted by atomic mass is 10.2. The highest BCUT2D eigenvalue weighted by Gasteiger charge is 1.93. The highest BCUT2D eigenvalue weighted by Crippen LogP contribution is 2.11. The van der Waals surface area contributed by atoms with Gasteiger partial charge in [-0.1, -0.05) is 42.5 Å². The number of rotatable bonds is 2. The Labute approximate surface area is 138 Å². The van der Waals surface area contributed by atoms with Crippen LogP contribution in [0.4, 0.5) is 5.69 Å². The molecule has 0 saturated heterocycles. The molecule has 1 radical (unpaired) electrons. The number of nitrogens with two attached hydrogens (primary N) is 2. The molecule has 24 heavy (non-hydrogen) atoms. The van der Waals surface area contributed by atoms with E-state index in [1.165, 1.54) is 24.3 Å². The summed E-state index contributed by atoms with van der Waals surface area (Å²) in [4.78, 5) is 39.7. The second kappa shape index (κ2) is 10.9. The number of benzene rings is 2. The van der Waals surface area contributed by atoms with Gasteiger partial charge in [0.15, 0.2) is 5.96 Å². The van der Waals surface area contributed by atoms with Crippen molar-refractivity contribution in [1.82, 2.24) is 0 Å². The molecule has 0 aliphatic carbocycles. The van der Waals surface area contributed by atoms with E-state index in [1.54, 1.807) is 0 Å². The van der Waals surface area contributed by atoms with E-state index in [2.05, 4.69) is 11.1 Å². The SMILES string of the molecule is NC(N)=Nc1ccc(C(=O)[O-])cc1.O=P([O-])([O-])[O-].[c]1ccccc1. The highest BCUT2D eigenvalue weighted by molar-refractivity contribution is 7.40. The lowest BCUT2D eigenvalue weighted by molar-refractivity contribution is -0.432. The quantitative estimate of drug-likeness (QED) is 0.340. The van der Waals surface area contributed by atoms with E-state index in [0.717, 1.165) is 0 Å². The molecule has 4 N–H and O–H groups in total. The molecule has 0 aromatic heterocycles. The van der Waals surface area contributed by atoms with Gasteiger partial charge in [0.1, 0.15) is 0 Å². The van der Waals surface area contributed by atoms with Gasteiger partial charge in [0.05, 0.1) is 11.7 Å². The third-order valence-electron chi connectivity index (χ3n) is 1.97. The summed E-state index contributed by atoms with van der Waals surface area (Å²) in [6.07, 6.45) is 0. The molecule has 0 unspecified atom stereocenters. The van der Waals surface area contributed by atoms with Gasteiger partial charge in [-0.2, -0.15) is 7.82 Å².